The van der Waals surface area contributed by atoms with Gasteiger partial charge in [0, 0.05) is 12.1 Å². The van der Waals surface area contributed by atoms with Crippen LogP contribution in [0.2, 0.25) is 0 Å². The molecule has 0 bridgehead atoms. The number of nitrogens with zero attached hydrogens (tertiary/aromatic N) is 3. The van der Waals surface area contributed by atoms with Gasteiger partial charge in [-0.25, -0.2) is 4.98 Å². The SMILES string of the molecule is CC(Cl)C(=O)Nc1cc(-c2ccco2)nn1-c1nc(C(C)C)cc(=O)[nH]1. The van der Waals surface area contributed by atoms with Crippen molar-refractivity contribution in [3.8, 4) is 17.4 Å². The van der Waals surface area contributed by atoms with Crippen LogP contribution in [0.25, 0.3) is 17.4 Å². The maximum atomic E-state index is 12.0. The summed E-state index contributed by atoms with van der Waals surface area (Å²) in [6, 6.07) is 6.53. The van der Waals surface area contributed by atoms with E-state index in [0.717, 1.165) is 0 Å². The number of furan rings is 1. The number of aromatic nitrogens is 4. The normalized spacial score (nSPS) is 12.3. The Kier molecular flexibility index (Phi) is 4.94. The summed E-state index contributed by atoms with van der Waals surface area (Å²) in [6.07, 6.45) is 1.52. The second-order valence-electron chi connectivity index (χ2n) is 6.06. The van der Waals surface area contributed by atoms with Crippen LogP contribution < -0.4 is 10.9 Å². The van der Waals surface area contributed by atoms with E-state index in [2.05, 4.69) is 20.4 Å². The van der Waals surface area contributed by atoms with Crippen molar-refractivity contribution in [2.75, 3.05) is 5.32 Å². The van der Waals surface area contributed by atoms with Crippen LogP contribution in [-0.4, -0.2) is 31.0 Å². The zero-order valence-electron chi connectivity index (χ0n) is 14.5. The molecule has 136 valence electrons. The Morgan fingerprint density at radius 2 is 2.12 bits per heavy atom. The summed E-state index contributed by atoms with van der Waals surface area (Å²) < 4.78 is 6.70. The second-order valence-corrected chi connectivity index (χ2v) is 6.71. The predicted molar refractivity (Wildman–Crippen MR) is 97.7 cm³/mol. The topological polar surface area (TPSA) is 106 Å². The first-order valence-corrected chi connectivity index (χ1v) is 8.49. The van der Waals surface area contributed by atoms with E-state index in [0.29, 0.717) is 23.0 Å². The van der Waals surface area contributed by atoms with Crippen LogP contribution in [-0.2, 0) is 4.79 Å². The molecule has 9 heteroatoms. The number of amides is 1. The maximum Gasteiger partial charge on any atom is 0.252 e. The lowest BCUT2D eigenvalue weighted by Gasteiger charge is -2.10. The molecule has 3 aromatic rings. The number of carbonyl (C=O) groups excluding carboxylic acids is 1. The first-order valence-electron chi connectivity index (χ1n) is 8.05. The van der Waals surface area contributed by atoms with Crippen molar-refractivity contribution in [2.45, 2.75) is 32.1 Å². The van der Waals surface area contributed by atoms with E-state index >= 15 is 0 Å². The molecular weight excluding hydrogens is 358 g/mol. The predicted octanol–water partition coefficient (Wildman–Crippen LogP) is 2.90. The average molecular weight is 376 g/mol. The molecule has 3 aromatic heterocycles. The van der Waals surface area contributed by atoms with E-state index in [9.17, 15) is 9.59 Å². The van der Waals surface area contributed by atoms with E-state index in [1.165, 1.54) is 17.0 Å². The van der Waals surface area contributed by atoms with Crippen molar-refractivity contribution >= 4 is 23.3 Å². The van der Waals surface area contributed by atoms with Gasteiger partial charge >= 0.3 is 0 Å². The molecule has 2 N–H and O–H groups in total. The number of aromatic amines is 1. The van der Waals surface area contributed by atoms with Crippen molar-refractivity contribution in [3.63, 3.8) is 0 Å². The van der Waals surface area contributed by atoms with Gasteiger partial charge in [0.1, 0.15) is 16.9 Å². The number of rotatable bonds is 5. The van der Waals surface area contributed by atoms with Crippen molar-refractivity contribution in [1.82, 2.24) is 19.7 Å². The highest BCUT2D eigenvalue weighted by Crippen LogP contribution is 2.24. The summed E-state index contributed by atoms with van der Waals surface area (Å²) in [7, 11) is 0. The molecule has 0 saturated carbocycles. The molecule has 0 aliphatic carbocycles. The van der Waals surface area contributed by atoms with Gasteiger partial charge in [0.05, 0.1) is 12.0 Å². The van der Waals surface area contributed by atoms with Crippen LogP contribution >= 0.6 is 11.6 Å². The highest BCUT2D eigenvalue weighted by Gasteiger charge is 2.19. The van der Waals surface area contributed by atoms with Gasteiger partial charge in [-0.15, -0.1) is 11.6 Å². The van der Waals surface area contributed by atoms with Crippen molar-refractivity contribution in [1.29, 1.82) is 0 Å². The van der Waals surface area contributed by atoms with Crippen molar-refractivity contribution < 1.29 is 9.21 Å². The van der Waals surface area contributed by atoms with E-state index < -0.39 is 11.3 Å². The van der Waals surface area contributed by atoms with Gasteiger partial charge in [-0.2, -0.15) is 9.78 Å². The zero-order chi connectivity index (χ0) is 18.8. The molecule has 0 aliphatic heterocycles. The molecule has 1 unspecified atom stereocenters. The third kappa shape index (κ3) is 3.70. The Hall–Kier alpha value is -2.87. The molecule has 0 aromatic carbocycles. The molecule has 1 amide bonds. The standard InChI is InChI=1S/C17H18ClN5O3/c1-9(2)11-8-15(24)21-17(19-11)23-14(20-16(25)10(3)18)7-12(22-23)13-5-4-6-26-13/h4-10H,1-3H3,(H,20,25)(H,19,21,24). The second kappa shape index (κ2) is 7.17. The largest absolute Gasteiger partial charge is 0.463 e. The quantitative estimate of drug-likeness (QED) is 0.667. The fourth-order valence-electron chi connectivity index (χ4n) is 2.26. The number of hydrogen-bond donors (Lipinski definition) is 2. The molecule has 3 heterocycles. The van der Waals surface area contributed by atoms with Crippen molar-refractivity contribution in [3.05, 3.63) is 46.6 Å². The Morgan fingerprint density at radius 3 is 2.73 bits per heavy atom. The summed E-state index contributed by atoms with van der Waals surface area (Å²) in [4.78, 5) is 31.1. The molecule has 0 fully saturated rings. The first kappa shape index (κ1) is 17.9. The lowest BCUT2D eigenvalue weighted by molar-refractivity contribution is -0.115. The van der Waals surface area contributed by atoms with Gasteiger partial charge in [-0.3, -0.25) is 14.6 Å². The van der Waals surface area contributed by atoms with Gasteiger partial charge in [0.2, 0.25) is 11.9 Å². The Labute approximate surface area is 154 Å². The minimum Gasteiger partial charge on any atom is -0.463 e. The summed E-state index contributed by atoms with van der Waals surface area (Å²) in [6.45, 7) is 5.42. The molecule has 0 radical (unpaired) electrons. The number of nitrogens with one attached hydrogen (secondary N) is 2. The number of halogens is 1. The minimum atomic E-state index is -0.737. The molecular formula is C17H18ClN5O3. The van der Waals surface area contributed by atoms with E-state index in [4.69, 9.17) is 16.0 Å². The lowest BCUT2D eigenvalue weighted by atomic mass is 10.1. The molecule has 1 atom stereocenters. The Morgan fingerprint density at radius 1 is 1.35 bits per heavy atom. The number of H-pyrrole nitrogens is 1. The number of hydrogen-bond acceptors (Lipinski definition) is 5. The summed E-state index contributed by atoms with van der Waals surface area (Å²) in [5, 5.41) is 6.36. The highest BCUT2D eigenvalue weighted by molar-refractivity contribution is 6.32. The minimum absolute atomic E-state index is 0.0528. The van der Waals surface area contributed by atoms with Crippen molar-refractivity contribution in [2.24, 2.45) is 0 Å². The third-order valence-corrected chi connectivity index (χ3v) is 3.83. The molecule has 8 nitrogen and oxygen atoms in total. The molecule has 0 saturated heterocycles. The van der Waals surface area contributed by atoms with E-state index in [-0.39, 0.29) is 17.4 Å². The van der Waals surface area contributed by atoms with Crippen LogP contribution in [0.15, 0.2) is 39.7 Å². The lowest BCUT2D eigenvalue weighted by Crippen LogP contribution is -2.23. The molecule has 0 spiro atoms. The average Bonchev–Trinajstić information content (AvgIpc) is 3.23. The van der Waals surface area contributed by atoms with Gasteiger partial charge in [0.25, 0.3) is 5.56 Å². The van der Waals surface area contributed by atoms with E-state index in [1.807, 2.05) is 13.8 Å². The summed E-state index contributed by atoms with van der Waals surface area (Å²) >= 11 is 5.84. The molecule has 0 aliphatic rings. The Balaban J connectivity index is 2.13. The smallest absolute Gasteiger partial charge is 0.252 e. The zero-order valence-corrected chi connectivity index (χ0v) is 15.2. The maximum absolute atomic E-state index is 12.0. The van der Waals surface area contributed by atoms with Crippen LogP contribution in [0.5, 0.6) is 0 Å². The summed E-state index contributed by atoms with van der Waals surface area (Å²) in [5.74, 6) is 0.674. The van der Waals surface area contributed by atoms with Crippen LogP contribution in [0.1, 0.15) is 32.4 Å². The molecule has 26 heavy (non-hydrogen) atoms. The first-order chi connectivity index (χ1) is 12.3. The molecule has 3 rings (SSSR count). The number of alkyl halides is 1. The van der Waals surface area contributed by atoms with E-state index in [1.54, 1.807) is 25.1 Å². The number of carbonyl (C=O) groups is 1. The Bertz CT molecular complexity index is 973. The highest BCUT2D eigenvalue weighted by atomic mass is 35.5. The fourth-order valence-corrected chi connectivity index (χ4v) is 2.32. The summed E-state index contributed by atoms with van der Waals surface area (Å²) in [5.41, 5.74) is 0.781. The monoisotopic (exact) mass is 375 g/mol. The van der Waals surface area contributed by atoms with Crippen LogP contribution in [0.3, 0.4) is 0 Å². The van der Waals surface area contributed by atoms with Gasteiger partial charge in [0.15, 0.2) is 5.76 Å². The van der Waals surface area contributed by atoms with Gasteiger partial charge in [-0.1, -0.05) is 13.8 Å². The fraction of sp³-hybridized carbons (Fsp3) is 0.294. The van der Waals surface area contributed by atoms with Gasteiger partial charge in [-0.05, 0) is 25.0 Å². The van der Waals surface area contributed by atoms with Gasteiger partial charge < -0.3 is 9.73 Å². The number of anilines is 1. The third-order valence-electron chi connectivity index (χ3n) is 3.64. The van der Waals surface area contributed by atoms with Crippen LogP contribution in [0.4, 0.5) is 5.82 Å². The van der Waals surface area contributed by atoms with Crippen LogP contribution in [0, 0.1) is 0 Å².